The molecule has 0 atom stereocenters. The number of benzene rings is 3. The highest BCUT2D eigenvalue weighted by Gasteiger charge is 2.29. The molecule has 0 fully saturated rings. The summed E-state index contributed by atoms with van der Waals surface area (Å²) in [5, 5.41) is 3.65. The first-order valence-corrected chi connectivity index (χ1v) is 11.4. The molecular weight excluding hydrogens is 467 g/mol. The molecular formula is C21H17Cl3N2O3S. The van der Waals surface area contributed by atoms with Crippen LogP contribution in [0.5, 0.6) is 0 Å². The van der Waals surface area contributed by atoms with Gasteiger partial charge in [-0.2, -0.15) is 0 Å². The summed E-state index contributed by atoms with van der Waals surface area (Å²) in [7, 11) is -4.08. The number of rotatable bonds is 6. The van der Waals surface area contributed by atoms with E-state index in [1.165, 1.54) is 30.3 Å². The van der Waals surface area contributed by atoms with Crippen LogP contribution in [0.25, 0.3) is 0 Å². The summed E-state index contributed by atoms with van der Waals surface area (Å²) in [5.74, 6) is -0.550. The van der Waals surface area contributed by atoms with E-state index >= 15 is 0 Å². The minimum Gasteiger partial charge on any atom is -0.324 e. The van der Waals surface area contributed by atoms with Gasteiger partial charge in [0.2, 0.25) is 5.91 Å². The summed E-state index contributed by atoms with van der Waals surface area (Å²) < 4.78 is 27.6. The van der Waals surface area contributed by atoms with Gasteiger partial charge in [0.15, 0.2) is 0 Å². The summed E-state index contributed by atoms with van der Waals surface area (Å²) in [4.78, 5) is 12.8. The fraction of sp³-hybridized carbons (Fsp3) is 0.0952. The zero-order valence-electron chi connectivity index (χ0n) is 15.8. The van der Waals surface area contributed by atoms with Gasteiger partial charge in [0.25, 0.3) is 10.0 Å². The second-order valence-electron chi connectivity index (χ2n) is 6.38. The van der Waals surface area contributed by atoms with E-state index in [0.717, 1.165) is 4.31 Å². The monoisotopic (exact) mass is 482 g/mol. The van der Waals surface area contributed by atoms with E-state index in [1.807, 2.05) is 0 Å². The number of sulfonamides is 1. The van der Waals surface area contributed by atoms with Crippen molar-refractivity contribution >= 4 is 62.1 Å². The van der Waals surface area contributed by atoms with E-state index in [1.54, 1.807) is 43.3 Å². The molecule has 3 aromatic rings. The summed E-state index contributed by atoms with van der Waals surface area (Å²) in [6.07, 6.45) is 0. The molecule has 0 aliphatic rings. The first kappa shape index (κ1) is 22.4. The van der Waals surface area contributed by atoms with Crippen LogP contribution in [0.4, 0.5) is 11.4 Å². The molecule has 0 spiro atoms. The molecule has 0 aliphatic heterocycles. The standard InChI is InChI=1S/C21H17Cl3N2O3S/c1-14-17(23)8-5-9-19(14)25-21(27)13-26(20-11-10-15(22)12-18(20)24)30(28,29)16-6-3-2-4-7-16/h2-12H,13H2,1H3,(H,25,27). The Bertz CT molecular complexity index is 1190. The number of hydrogen-bond acceptors (Lipinski definition) is 3. The van der Waals surface area contributed by atoms with Crippen LogP contribution in [-0.4, -0.2) is 20.9 Å². The molecule has 0 bridgehead atoms. The molecule has 156 valence electrons. The summed E-state index contributed by atoms with van der Waals surface area (Å²) in [6.45, 7) is 1.26. The second-order valence-corrected chi connectivity index (χ2v) is 9.49. The van der Waals surface area contributed by atoms with E-state index in [-0.39, 0.29) is 15.6 Å². The Morgan fingerprint density at radius 2 is 1.63 bits per heavy atom. The number of halogens is 3. The molecule has 0 saturated heterocycles. The Balaban J connectivity index is 1.99. The smallest absolute Gasteiger partial charge is 0.264 e. The van der Waals surface area contributed by atoms with Crippen molar-refractivity contribution in [3.63, 3.8) is 0 Å². The lowest BCUT2D eigenvalue weighted by Crippen LogP contribution is -2.38. The SMILES string of the molecule is Cc1c(Cl)cccc1NC(=O)CN(c1ccc(Cl)cc1Cl)S(=O)(=O)c1ccccc1. The fourth-order valence-corrected chi connectivity index (χ4v) is 4.96. The number of carbonyl (C=O) groups excluding carboxylic acids is 1. The molecule has 0 radical (unpaired) electrons. The summed E-state index contributed by atoms with van der Waals surface area (Å²) in [5.41, 5.74) is 1.31. The number of amides is 1. The number of nitrogens with zero attached hydrogens (tertiary/aromatic N) is 1. The van der Waals surface area contributed by atoms with Crippen molar-refractivity contribution in [3.8, 4) is 0 Å². The van der Waals surface area contributed by atoms with Gasteiger partial charge in [0, 0.05) is 15.7 Å². The van der Waals surface area contributed by atoms with Crippen molar-refractivity contribution in [3.05, 3.63) is 87.4 Å². The van der Waals surface area contributed by atoms with Gasteiger partial charge in [-0.05, 0) is 55.0 Å². The minimum atomic E-state index is -4.08. The highest BCUT2D eigenvalue weighted by Crippen LogP contribution is 2.33. The third-order valence-electron chi connectivity index (χ3n) is 4.34. The first-order chi connectivity index (χ1) is 14.2. The van der Waals surface area contributed by atoms with Crippen LogP contribution >= 0.6 is 34.8 Å². The average Bonchev–Trinajstić information content (AvgIpc) is 2.71. The molecule has 30 heavy (non-hydrogen) atoms. The molecule has 3 rings (SSSR count). The highest BCUT2D eigenvalue weighted by molar-refractivity contribution is 7.92. The van der Waals surface area contributed by atoms with Crippen LogP contribution in [0.3, 0.4) is 0 Å². The Hall–Kier alpha value is -2.25. The maximum atomic E-state index is 13.3. The van der Waals surface area contributed by atoms with Gasteiger partial charge < -0.3 is 5.32 Å². The van der Waals surface area contributed by atoms with Crippen molar-refractivity contribution in [1.29, 1.82) is 0 Å². The zero-order valence-corrected chi connectivity index (χ0v) is 18.9. The number of nitrogens with one attached hydrogen (secondary N) is 1. The van der Waals surface area contributed by atoms with Crippen LogP contribution in [-0.2, 0) is 14.8 Å². The maximum absolute atomic E-state index is 13.3. The van der Waals surface area contributed by atoms with Gasteiger partial charge in [0.05, 0.1) is 15.6 Å². The predicted octanol–water partition coefficient (Wildman–Crippen LogP) is 5.79. The van der Waals surface area contributed by atoms with Gasteiger partial charge in [-0.25, -0.2) is 8.42 Å². The Morgan fingerprint density at radius 1 is 0.933 bits per heavy atom. The fourth-order valence-electron chi connectivity index (χ4n) is 2.77. The van der Waals surface area contributed by atoms with Crippen molar-refractivity contribution in [2.75, 3.05) is 16.2 Å². The molecule has 0 aliphatic carbocycles. The molecule has 3 aromatic carbocycles. The van der Waals surface area contributed by atoms with E-state index in [2.05, 4.69) is 5.32 Å². The van der Waals surface area contributed by atoms with E-state index in [4.69, 9.17) is 34.8 Å². The van der Waals surface area contributed by atoms with Crippen LogP contribution in [0.1, 0.15) is 5.56 Å². The highest BCUT2D eigenvalue weighted by atomic mass is 35.5. The van der Waals surface area contributed by atoms with Gasteiger partial charge in [-0.1, -0.05) is 59.1 Å². The lowest BCUT2D eigenvalue weighted by molar-refractivity contribution is -0.114. The molecule has 0 saturated carbocycles. The van der Waals surface area contributed by atoms with E-state index in [9.17, 15) is 13.2 Å². The van der Waals surface area contributed by atoms with Gasteiger partial charge in [-0.15, -0.1) is 0 Å². The lowest BCUT2D eigenvalue weighted by atomic mass is 10.2. The first-order valence-electron chi connectivity index (χ1n) is 8.78. The quantitative estimate of drug-likeness (QED) is 0.482. The molecule has 9 heteroatoms. The molecule has 1 N–H and O–H groups in total. The number of carbonyl (C=O) groups is 1. The largest absolute Gasteiger partial charge is 0.324 e. The number of hydrogen-bond donors (Lipinski definition) is 1. The van der Waals surface area contributed by atoms with Crippen LogP contribution in [0, 0.1) is 6.92 Å². The van der Waals surface area contributed by atoms with Gasteiger partial charge >= 0.3 is 0 Å². The zero-order chi connectivity index (χ0) is 21.9. The van der Waals surface area contributed by atoms with E-state index < -0.39 is 22.5 Å². The maximum Gasteiger partial charge on any atom is 0.264 e. The van der Waals surface area contributed by atoms with E-state index in [0.29, 0.717) is 21.3 Å². The number of anilines is 2. The van der Waals surface area contributed by atoms with Crippen molar-refractivity contribution in [1.82, 2.24) is 0 Å². The third-order valence-corrected chi connectivity index (χ3v) is 7.06. The van der Waals surface area contributed by atoms with Gasteiger partial charge in [0.1, 0.15) is 6.54 Å². The Labute approximate surface area is 190 Å². The third kappa shape index (κ3) is 4.90. The Morgan fingerprint density at radius 3 is 2.30 bits per heavy atom. The minimum absolute atomic E-state index is 0.0303. The topological polar surface area (TPSA) is 66.5 Å². The van der Waals surface area contributed by atoms with Crippen molar-refractivity contribution in [2.45, 2.75) is 11.8 Å². The van der Waals surface area contributed by atoms with Crippen LogP contribution < -0.4 is 9.62 Å². The van der Waals surface area contributed by atoms with Crippen molar-refractivity contribution in [2.24, 2.45) is 0 Å². The Kier molecular flexibility index (Phi) is 6.93. The van der Waals surface area contributed by atoms with Crippen LogP contribution in [0.15, 0.2) is 71.6 Å². The normalized spacial score (nSPS) is 11.2. The summed E-state index contributed by atoms with van der Waals surface area (Å²) in [6, 6.07) is 17.3. The predicted molar refractivity (Wildman–Crippen MR) is 122 cm³/mol. The second kappa shape index (κ2) is 9.27. The van der Waals surface area contributed by atoms with Gasteiger partial charge in [-0.3, -0.25) is 9.10 Å². The molecule has 0 aromatic heterocycles. The molecule has 1 amide bonds. The summed E-state index contributed by atoms with van der Waals surface area (Å²) >= 11 is 18.3. The lowest BCUT2D eigenvalue weighted by Gasteiger charge is -2.25. The molecule has 0 heterocycles. The van der Waals surface area contributed by atoms with Crippen LogP contribution in [0.2, 0.25) is 15.1 Å². The molecule has 5 nitrogen and oxygen atoms in total. The molecule has 0 unspecified atom stereocenters. The average molecular weight is 484 g/mol. The van der Waals surface area contributed by atoms with Crippen molar-refractivity contribution < 1.29 is 13.2 Å².